The zero-order valence-electron chi connectivity index (χ0n) is 8.67. The lowest BCUT2D eigenvalue weighted by Crippen LogP contribution is -2.25. The summed E-state index contributed by atoms with van der Waals surface area (Å²) in [4.78, 5) is 3.84. The van der Waals surface area contributed by atoms with Crippen LogP contribution in [0, 0.1) is 0 Å². The van der Waals surface area contributed by atoms with E-state index in [-0.39, 0.29) is 6.42 Å². The molecule has 0 bridgehead atoms. The second-order valence-electron chi connectivity index (χ2n) is 3.67. The molecule has 1 unspecified atom stereocenters. The lowest BCUT2D eigenvalue weighted by atomic mass is 10.0. The van der Waals surface area contributed by atoms with Crippen molar-refractivity contribution >= 4 is 5.82 Å². The first-order chi connectivity index (χ1) is 7.38. The normalized spacial score (nSPS) is 13.8. The third-order valence-electron chi connectivity index (χ3n) is 2.21. The Labute approximate surface area is 91.7 Å². The molecule has 1 atom stereocenters. The number of rotatable bonds is 4. The number of pyridine rings is 1. The minimum absolute atomic E-state index is 0.0994. The highest BCUT2D eigenvalue weighted by molar-refractivity contribution is 5.38. The van der Waals surface area contributed by atoms with E-state index in [1.807, 2.05) is 0 Å². The van der Waals surface area contributed by atoms with Gasteiger partial charge in [0.25, 0.3) is 0 Å². The van der Waals surface area contributed by atoms with E-state index in [2.05, 4.69) is 4.98 Å². The number of alkyl halides is 3. The number of anilines is 1. The van der Waals surface area contributed by atoms with Crippen LogP contribution in [-0.2, 0) is 6.42 Å². The van der Waals surface area contributed by atoms with Crippen molar-refractivity contribution in [1.82, 2.24) is 4.98 Å². The lowest BCUT2D eigenvalue weighted by Gasteiger charge is -2.13. The van der Waals surface area contributed by atoms with Gasteiger partial charge in [-0.1, -0.05) is 6.07 Å². The van der Waals surface area contributed by atoms with Crippen molar-refractivity contribution in [3.63, 3.8) is 0 Å². The van der Waals surface area contributed by atoms with Gasteiger partial charge in [-0.15, -0.1) is 0 Å². The Kier molecular flexibility index (Phi) is 4.12. The van der Waals surface area contributed by atoms with Crippen LogP contribution in [0.1, 0.15) is 18.4 Å². The van der Waals surface area contributed by atoms with Gasteiger partial charge in [0, 0.05) is 18.7 Å². The summed E-state index contributed by atoms with van der Waals surface area (Å²) in [7, 11) is 0. The first kappa shape index (κ1) is 12.8. The minimum atomic E-state index is -4.15. The van der Waals surface area contributed by atoms with Crippen LogP contribution in [0.2, 0.25) is 0 Å². The molecule has 1 aromatic heterocycles. The number of nitrogen functional groups attached to an aromatic ring is 1. The van der Waals surface area contributed by atoms with Crippen LogP contribution in [-0.4, -0.2) is 17.2 Å². The van der Waals surface area contributed by atoms with Crippen LogP contribution in [0.25, 0.3) is 0 Å². The van der Waals surface area contributed by atoms with Crippen LogP contribution in [0.5, 0.6) is 0 Å². The molecule has 0 amide bonds. The van der Waals surface area contributed by atoms with E-state index in [4.69, 9.17) is 11.5 Å². The highest BCUT2D eigenvalue weighted by Crippen LogP contribution is 2.23. The fourth-order valence-corrected chi connectivity index (χ4v) is 1.36. The molecule has 4 N–H and O–H groups in total. The minimum Gasteiger partial charge on any atom is -0.383 e. The van der Waals surface area contributed by atoms with Crippen molar-refractivity contribution in [2.75, 3.05) is 5.73 Å². The second kappa shape index (κ2) is 5.16. The topological polar surface area (TPSA) is 64.9 Å². The standard InChI is InChI=1S/C10H14F3N3/c11-10(12,13)4-3-8(14)6-7-2-1-5-16-9(7)15/h1-2,5,8H,3-4,6,14H2,(H2,15,16). The molecule has 90 valence electrons. The van der Waals surface area contributed by atoms with Gasteiger partial charge in [0.2, 0.25) is 0 Å². The molecule has 0 aromatic carbocycles. The molecule has 0 radical (unpaired) electrons. The maximum Gasteiger partial charge on any atom is 0.389 e. The van der Waals surface area contributed by atoms with E-state index < -0.39 is 18.6 Å². The molecule has 0 aliphatic heterocycles. The largest absolute Gasteiger partial charge is 0.389 e. The van der Waals surface area contributed by atoms with Crippen LogP contribution >= 0.6 is 0 Å². The van der Waals surface area contributed by atoms with Gasteiger partial charge in [-0.25, -0.2) is 4.98 Å². The van der Waals surface area contributed by atoms with Gasteiger partial charge < -0.3 is 11.5 Å². The Morgan fingerprint density at radius 3 is 2.62 bits per heavy atom. The quantitative estimate of drug-likeness (QED) is 0.834. The summed E-state index contributed by atoms with van der Waals surface area (Å²) in [6.45, 7) is 0. The van der Waals surface area contributed by atoms with E-state index in [1.165, 1.54) is 6.20 Å². The fraction of sp³-hybridized carbons (Fsp3) is 0.500. The SMILES string of the molecule is Nc1ncccc1CC(N)CCC(F)(F)F. The van der Waals surface area contributed by atoms with Gasteiger partial charge in [0.05, 0.1) is 0 Å². The van der Waals surface area contributed by atoms with Crippen molar-refractivity contribution < 1.29 is 13.2 Å². The van der Waals surface area contributed by atoms with Gasteiger partial charge in [0.15, 0.2) is 0 Å². The average molecular weight is 233 g/mol. The Hall–Kier alpha value is -1.30. The maximum absolute atomic E-state index is 11.9. The maximum atomic E-state index is 11.9. The molecule has 1 heterocycles. The van der Waals surface area contributed by atoms with E-state index in [0.29, 0.717) is 17.8 Å². The Morgan fingerprint density at radius 2 is 2.06 bits per heavy atom. The Balaban J connectivity index is 2.46. The molecule has 3 nitrogen and oxygen atoms in total. The summed E-state index contributed by atoms with van der Waals surface area (Å²) < 4.78 is 35.8. The van der Waals surface area contributed by atoms with Gasteiger partial charge in [0.1, 0.15) is 5.82 Å². The highest BCUT2D eigenvalue weighted by Gasteiger charge is 2.27. The van der Waals surface area contributed by atoms with Gasteiger partial charge in [-0.05, 0) is 24.5 Å². The average Bonchev–Trinajstić information content (AvgIpc) is 2.18. The van der Waals surface area contributed by atoms with E-state index in [0.717, 1.165) is 0 Å². The molecule has 0 aliphatic carbocycles. The third kappa shape index (κ3) is 4.48. The number of hydrogen-bond donors (Lipinski definition) is 2. The first-order valence-corrected chi connectivity index (χ1v) is 4.90. The molecule has 0 spiro atoms. The Morgan fingerprint density at radius 1 is 1.38 bits per heavy atom. The molecule has 6 heteroatoms. The highest BCUT2D eigenvalue weighted by atomic mass is 19.4. The fourth-order valence-electron chi connectivity index (χ4n) is 1.36. The summed E-state index contributed by atoms with van der Waals surface area (Å²) in [6.07, 6.45) is -3.28. The predicted octanol–water partition coefficient (Wildman–Crippen LogP) is 1.88. The van der Waals surface area contributed by atoms with Crippen molar-refractivity contribution in [2.45, 2.75) is 31.5 Å². The van der Waals surface area contributed by atoms with Crippen molar-refractivity contribution in [3.8, 4) is 0 Å². The van der Waals surface area contributed by atoms with E-state index in [9.17, 15) is 13.2 Å². The number of nitrogens with two attached hydrogens (primary N) is 2. The van der Waals surface area contributed by atoms with Gasteiger partial charge in [-0.2, -0.15) is 13.2 Å². The molecule has 0 fully saturated rings. The molecule has 16 heavy (non-hydrogen) atoms. The summed E-state index contributed by atoms with van der Waals surface area (Å²) in [5, 5.41) is 0. The van der Waals surface area contributed by atoms with Crippen molar-refractivity contribution in [2.24, 2.45) is 5.73 Å². The molecular formula is C10H14F3N3. The van der Waals surface area contributed by atoms with Gasteiger partial charge >= 0.3 is 6.18 Å². The molecule has 0 saturated carbocycles. The van der Waals surface area contributed by atoms with Crippen LogP contribution < -0.4 is 11.5 Å². The summed E-state index contributed by atoms with van der Waals surface area (Å²) in [6, 6.07) is 2.85. The smallest absolute Gasteiger partial charge is 0.383 e. The predicted molar refractivity (Wildman–Crippen MR) is 55.6 cm³/mol. The third-order valence-corrected chi connectivity index (χ3v) is 2.21. The van der Waals surface area contributed by atoms with Crippen molar-refractivity contribution in [3.05, 3.63) is 23.9 Å². The van der Waals surface area contributed by atoms with Crippen LogP contribution in [0.3, 0.4) is 0 Å². The zero-order valence-corrected chi connectivity index (χ0v) is 8.67. The summed E-state index contributed by atoms with van der Waals surface area (Å²) in [5.41, 5.74) is 11.9. The summed E-state index contributed by atoms with van der Waals surface area (Å²) in [5.74, 6) is 0.324. The Bertz CT molecular complexity index is 338. The van der Waals surface area contributed by atoms with E-state index >= 15 is 0 Å². The molecule has 0 saturated heterocycles. The molecule has 0 aliphatic rings. The van der Waals surface area contributed by atoms with Crippen LogP contribution in [0.15, 0.2) is 18.3 Å². The van der Waals surface area contributed by atoms with Crippen LogP contribution in [0.4, 0.5) is 19.0 Å². The summed E-state index contributed by atoms with van der Waals surface area (Å²) >= 11 is 0. The van der Waals surface area contributed by atoms with Crippen molar-refractivity contribution in [1.29, 1.82) is 0 Å². The number of halogens is 3. The number of hydrogen-bond acceptors (Lipinski definition) is 3. The molecule has 1 aromatic rings. The number of nitrogens with zero attached hydrogens (tertiary/aromatic N) is 1. The lowest BCUT2D eigenvalue weighted by molar-refractivity contribution is -0.136. The molecular weight excluding hydrogens is 219 g/mol. The van der Waals surface area contributed by atoms with E-state index in [1.54, 1.807) is 12.1 Å². The van der Waals surface area contributed by atoms with Gasteiger partial charge in [-0.3, -0.25) is 0 Å². The monoisotopic (exact) mass is 233 g/mol. The number of aromatic nitrogens is 1. The molecule has 1 rings (SSSR count). The first-order valence-electron chi connectivity index (χ1n) is 4.90. The second-order valence-corrected chi connectivity index (χ2v) is 3.67. The zero-order chi connectivity index (χ0) is 12.2.